The number of anilines is 6. The molecule has 1 heterocycles. The average Bonchev–Trinajstić information content (AvgIpc) is 3.85. The van der Waals surface area contributed by atoms with Crippen LogP contribution < -0.4 is 9.80 Å². The van der Waals surface area contributed by atoms with Crippen LogP contribution >= 0.6 is 0 Å². The van der Waals surface area contributed by atoms with Crippen LogP contribution in [0.25, 0.3) is 88.0 Å². The molecular weight excluding hydrogens is 899 g/mol. The summed E-state index contributed by atoms with van der Waals surface area (Å²) in [5.74, 6) is -0.695. The maximum Gasteiger partial charge on any atom is 0.148 e. The Morgan fingerprint density at radius 1 is 0.274 bits per heavy atom. The number of para-hydroxylation sites is 2. The van der Waals surface area contributed by atoms with Crippen LogP contribution in [-0.2, 0) is 0 Å². The molecule has 0 saturated carbocycles. The molecule has 12 aromatic carbocycles. The smallest absolute Gasteiger partial charge is 0.148 e. The van der Waals surface area contributed by atoms with Crippen molar-refractivity contribution in [1.82, 2.24) is 0 Å². The first-order valence-electron chi connectivity index (χ1n) is 24.5. The number of rotatable bonds is 10. The van der Waals surface area contributed by atoms with E-state index >= 15 is 8.78 Å². The molecule has 0 aliphatic carbocycles. The van der Waals surface area contributed by atoms with Crippen molar-refractivity contribution >= 4 is 77.6 Å². The highest BCUT2D eigenvalue weighted by atomic mass is 19.1. The number of furan rings is 1. The van der Waals surface area contributed by atoms with E-state index in [9.17, 15) is 0 Å². The lowest BCUT2D eigenvalue weighted by atomic mass is 9.94. The van der Waals surface area contributed by atoms with E-state index in [0.717, 1.165) is 105 Å². The van der Waals surface area contributed by atoms with E-state index in [1.54, 1.807) is 12.1 Å². The standard InChI is InChI=1S/C68H44F2N2O/c69-62-41-49(45-21-7-1-8-22-45)39-59(47-25-11-3-12-26-47)66(62)71(51-29-15-5-16-30-51)53-35-37-57-61(43-53)55-33-19-20-34-56(55)65-58-38-36-54(44-64(58)73-68(57)65)72(52-31-17-6-18-32-52)67-60(48-27-13-4-14-28-48)40-50(42-63(67)70)46-23-9-2-10-24-46/h1-44H. The van der Waals surface area contributed by atoms with Gasteiger partial charge in [-0.1, -0.05) is 182 Å². The minimum absolute atomic E-state index is 0.343. The molecule has 0 atom stereocenters. The Kier molecular flexibility index (Phi) is 10.9. The van der Waals surface area contributed by atoms with Crippen LogP contribution in [0.5, 0.6) is 0 Å². The number of hydrogen-bond acceptors (Lipinski definition) is 3. The van der Waals surface area contributed by atoms with E-state index < -0.39 is 0 Å². The second-order valence-electron chi connectivity index (χ2n) is 18.3. The van der Waals surface area contributed by atoms with Crippen LogP contribution in [0.1, 0.15) is 0 Å². The molecule has 0 bridgehead atoms. The molecule has 0 aliphatic rings. The first kappa shape index (κ1) is 43.4. The summed E-state index contributed by atoms with van der Waals surface area (Å²) in [6.07, 6.45) is 0. The third kappa shape index (κ3) is 7.75. The molecule has 0 amide bonds. The van der Waals surface area contributed by atoms with Crippen molar-refractivity contribution < 1.29 is 13.2 Å². The summed E-state index contributed by atoms with van der Waals surface area (Å²) in [5.41, 5.74) is 12.2. The number of hydrogen-bond donors (Lipinski definition) is 0. The summed E-state index contributed by atoms with van der Waals surface area (Å²) >= 11 is 0. The summed E-state index contributed by atoms with van der Waals surface area (Å²) in [6.45, 7) is 0. The fourth-order valence-electron chi connectivity index (χ4n) is 10.6. The Bertz CT molecular complexity index is 4150. The van der Waals surface area contributed by atoms with Gasteiger partial charge in [0.2, 0.25) is 0 Å². The fourth-order valence-corrected chi connectivity index (χ4v) is 10.6. The Labute approximate surface area is 421 Å². The van der Waals surface area contributed by atoms with Gasteiger partial charge in [0, 0.05) is 50.4 Å². The number of nitrogens with zero attached hydrogens (tertiary/aromatic N) is 2. The zero-order valence-corrected chi connectivity index (χ0v) is 39.5. The monoisotopic (exact) mass is 942 g/mol. The molecule has 5 heteroatoms. The molecule has 0 aliphatic heterocycles. The maximum absolute atomic E-state index is 17.4. The van der Waals surface area contributed by atoms with Gasteiger partial charge >= 0.3 is 0 Å². The van der Waals surface area contributed by atoms with Crippen LogP contribution in [0.2, 0.25) is 0 Å². The van der Waals surface area contributed by atoms with Gasteiger partial charge in [0.25, 0.3) is 0 Å². The molecule has 0 fully saturated rings. The van der Waals surface area contributed by atoms with E-state index in [0.29, 0.717) is 17.0 Å². The van der Waals surface area contributed by atoms with Crippen LogP contribution in [0.15, 0.2) is 271 Å². The van der Waals surface area contributed by atoms with Gasteiger partial charge in [0.15, 0.2) is 0 Å². The van der Waals surface area contributed by atoms with Crippen LogP contribution in [0.4, 0.5) is 42.9 Å². The summed E-state index contributed by atoms with van der Waals surface area (Å²) in [7, 11) is 0. The molecule has 0 N–H and O–H groups in total. The zero-order valence-electron chi connectivity index (χ0n) is 39.5. The predicted molar refractivity (Wildman–Crippen MR) is 300 cm³/mol. The van der Waals surface area contributed by atoms with E-state index in [-0.39, 0.29) is 11.6 Å². The Hall–Kier alpha value is -9.58. The van der Waals surface area contributed by atoms with Crippen molar-refractivity contribution in [1.29, 1.82) is 0 Å². The second-order valence-corrected chi connectivity index (χ2v) is 18.3. The normalized spacial score (nSPS) is 11.4. The highest BCUT2D eigenvalue weighted by molar-refractivity contribution is 6.30. The SMILES string of the molecule is Fc1cc(-c2ccccc2)cc(-c2ccccc2)c1N(c1ccccc1)c1ccc2c(c1)oc1c3ccc(N(c4ccccc4)c4c(F)cc(-c5ccccc5)cc4-c4ccccc4)cc3c3ccccc3c21. The van der Waals surface area contributed by atoms with Crippen molar-refractivity contribution in [2.45, 2.75) is 0 Å². The summed E-state index contributed by atoms with van der Waals surface area (Å²) in [4.78, 5) is 4.03. The summed E-state index contributed by atoms with van der Waals surface area (Å²) < 4.78 is 41.9. The van der Waals surface area contributed by atoms with Gasteiger partial charge in [-0.2, -0.15) is 0 Å². The van der Waals surface area contributed by atoms with Gasteiger partial charge in [-0.05, 0) is 128 Å². The topological polar surface area (TPSA) is 19.6 Å². The number of benzene rings is 12. The molecule has 3 nitrogen and oxygen atoms in total. The summed E-state index contributed by atoms with van der Waals surface area (Å²) in [6, 6.07) is 88.2. The van der Waals surface area contributed by atoms with Gasteiger partial charge in [-0.15, -0.1) is 0 Å². The molecule has 1 aromatic heterocycles. The molecule has 0 spiro atoms. The van der Waals surface area contributed by atoms with Gasteiger partial charge in [0.05, 0.1) is 17.1 Å². The van der Waals surface area contributed by atoms with Crippen molar-refractivity contribution in [3.05, 3.63) is 279 Å². The third-order valence-electron chi connectivity index (χ3n) is 13.9. The Morgan fingerprint density at radius 3 is 1.15 bits per heavy atom. The average molecular weight is 943 g/mol. The van der Waals surface area contributed by atoms with Gasteiger partial charge in [-0.25, -0.2) is 8.78 Å². The van der Waals surface area contributed by atoms with E-state index in [1.165, 1.54) is 0 Å². The quantitative estimate of drug-likeness (QED) is 0.127. The third-order valence-corrected chi connectivity index (χ3v) is 13.9. The van der Waals surface area contributed by atoms with Crippen LogP contribution in [0, 0.1) is 11.6 Å². The van der Waals surface area contributed by atoms with Gasteiger partial charge in [0.1, 0.15) is 22.8 Å². The molecule has 13 aromatic rings. The second kappa shape index (κ2) is 18.3. The van der Waals surface area contributed by atoms with Crippen molar-refractivity contribution in [3.8, 4) is 44.5 Å². The lowest BCUT2D eigenvalue weighted by Crippen LogP contribution is -2.13. The van der Waals surface area contributed by atoms with E-state index in [2.05, 4.69) is 66.7 Å². The lowest BCUT2D eigenvalue weighted by Gasteiger charge is -2.29. The minimum atomic E-state index is -0.353. The molecule has 0 unspecified atom stereocenters. The molecular formula is C68H44F2N2O. The predicted octanol–water partition coefficient (Wildman–Crippen LogP) is 19.8. The zero-order chi connectivity index (χ0) is 48.8. The minimum Gasteiger partial charge on any atom is -0.455 e. The first-order chi connectivity index (χ1) is 36.1. The fraction of sp³-hybridized carbons (Fsp3) is 0. The van der Waals surface area contributed by atoms with Crippen molar-refractivity contribution in [3.63, 3.8) is 0 Å². The molecule has 73 heavy (non-hydrogen) atoms. The largest absolute Gasteiger partial charge is 0.455 e. The van der Waals surface area contributed by atoms with Crippen molar-refractivity contribution in [2.24, 2.45) is 0 Å². The molecule has 346 valence electrons. The Balaban J connectivity index is 1.01. The summed E-state index contributed by atoms with van der Waals surface area (Å²) in [5, 5.41) is 5.87. The highest BCUT2D eigenvalue weighted by Crippen LogP contribution is 2.50. The van der Waals surface area contributed by atoms with E-state index in [1.807, 2.05) is 198 Å². The first-order valence-corrected chi connectivity index (χ1v) is 24.5. The maximum atomic E-state index is 17.4. The molecule has 13 rings (SSSR count). The molecule has 0 radical (unpaired) electrons. The number of halogens is 2. The van der Waals surface area contributed by atoms with Crippen molar-refractivity contribution in [2.75, 3.05) is 9.80 Å². The van der Waals surface area contributed by atoms with E-state index in [4.69, 9.17) is 4.42 Å². The highest BCUT2D eigenvalue weighted by Gasteiger charge is 2.27. The lowest BCUT2D eigenvalue weighted by molar-refractivity contribution is 0.629. The molecule has 0 saturated heterocycles. The van der Waals surface area contributed by atoms with Crippen LogP contribution in [0.3, 0.4) is 0 Å². The van der Waals surface area contributed by atoms with Gasteiger partial charge in [-0.3, -0.25) is 0 Å². The Morgan fingerprint density at radius 2 is 0.671 bits per heavy atom. The van der Waals surface area contributed by atoms with Crippen LogP contribution in [-0.4, -0.2) is 0 Å². The van der Waals surface area contributed by atoms with Gasteiger partial charge < -0.3 is 14.2 Å². The number of fused-ring (bicyclic) bond motifs is 8.